The van der Waals surface area contributed by atoms with Gasteiger partial charge in [0, 0.05) is 13.1 Å². The van der Waals surface area contributed by atoms with Gasteiger partial charge in [-0.15, -0.1) is 0 Å². The van der Waals surface area contributed by atoms with E-state index in [1.54, 1.807) is 31.4 Å². The molecule has 1 amide bonds. The van der Waals surface area contributed by atoms with Gasteiger partial charge < -0.3 is 9.64 Å². The van der Waals surface area contributed by atoms with Gasteiger partial charge in [0.05, 0.1) is 7.11 Å². The minimum Gasteiger partial charge on any atom is -0.497 e. The van der Waals surface area contributed by atoms with Gasteiger partial charge in [0.2, 0.25) is 5.91 Å². The number of nitrogens with zero attached hydrogens (tertiary/aromatic N) is 1. The number of carbonyl (C=O) groups is 1. The van der Waals surface area contributed by atoms with E-state index in [1.165, 1.54) is 6.07 Å². The lowest BCUT2D eigenvalue weighted by atomic mass is 9.90. The molecule has 0 atom stereocenters. The molecule has 2 rings (SSSR count). The first-order valence-electron chi connectivity index (χ1n) is 7.38. The van der Waals surface area contributed by atoms with Gasteiger partial charge in [-0.1, -0.05) is 6.08 Å². The van der Waals surface area contributed by atoms with Crippen molar-refractivity contribution in [3.05, 3.63) is 41.7 Å². The largest absolute Gasteiger partial charge is 0.497 e. The predicted molar refractivity (Wildman–Crippen MR) is 80.8 cm³/mol. The molecule has 1 saturated heterocycles. The Bertz CT molecular complexity index is 520. The van der Waals surface area contributed by atoms with Crippen molar-refractivity contribution in [1.29, 1.82) is 0 Å². The molecule has 1 aliphatic heterocycles. The average molecular weight is 291 g/mol. The Balaban J connectivity index is 1.93. The average Bonchev–Trinajstić information content (AvgIpc) is 2.50. The second kappa shape index (κ2) is 7.25. The predicted octanol–water partition coefficient (Wildman–Crippen LogP) is 3.19. The second-order valence-corrected chi connectivity index (χ2v) is 5.43. The Morgan fingerprint density at radius 3 is 2.76 bits per heavy atom. The van der Waals surface area contributed by atoms with Crippen molar-refractivity contribution in [1.82, 2.24) is 4.90 Å². The highest BCUT2D eigenvalue weighted by Gasteiger charge is 2.22. The first kappa shape index (κ1) is 15.5. The van der Waals surface area contributed by atoms with Crippen LogP contribution in [-0.2, 0) is 11.2 Å². The monoisotopic (exact) mass is 291 g/mol. The number of halogens is 1. The summed E-state index contributed by atoms with van der Waals surface area (Å²) in [5.41, 5.74) is 0.701. The van der Waals surface area contributed by atoms with Crippen LogP contribution in [0.15, 0.2) is 30.4 Å². The van der Waals surface area contributed by atoms with E-state index in [0.717, 1.165) is 25.9 Å². The van der Waals surface area contributed by atoms with Crippen LogP contribution >= 0.6 is 0 Å². The smallest absolute Gasteiger partial charge is 0.246 e. The number of hydrogen-bond acceptors (Lipinski definition) is 2. The number of hydrogen-bond donors (Lipinski definition) is 0. The number of amides is 1. The number of carbonyl (C=O) groups excluding carboxylic acids is 1. The molecule has 0 unspecified atom stereocenters. The van der Waals surface area contributed by atoms with Crippen molar-refractivity contribution in [2.45, 2.75) is 26.2 Å². The summed E-state index contributed by atoms with van der Waals surface area (Å²) in [6, 6.07) is 4.86. The van der Waals surface area contributed by atoms with Gasteiger partial charge in [-0.2, -0.15) is 0 Å². The highest BCUT2D eigenvalue weighted by molar-refractivity contribution is 5.87. The lowest BCUT2D eigenvalue weighted by Crippen LogP contribution is -2.38. The number of benzene rings is 1. The molecule has 1 heterocycles. The number of piperidine rings is 1. The highest BCUT2D eigenvalue weighted by Crippen LogP contribution is 2.25. The molecule has 1 fully saturated rings. The fraction of sp³-hybridized carbons (Fsp3) is 0.471. The molecule has 0 spiro atoms. The summed E-state index contributed by atoms with van der Waals surface area (Å²) in [7, 11) is 1.59. The number of allylic oxidation sites excluding steroid dienone is 1. The van der Waals surface area contributed by atoms with Gasteiger partial charge >= 0.3 is 0 Å². The van der Waals surface area contributed by atoms with E-state index in [1.807, 2.05) is 11.8 Å². The Hall–Kier alpha value is -1.84. The van der Waals surface area contributed by atoms with E-state index in [2.05, 4.69) is 0 Å². The molecule has 0 aliphatic carbocycles. The fourth-order valence-corrected chi connectivity index (χ4v) is 2.75. The van der Waals surface area contributed by atoms with Crippen LogP contribution in [-0.4, -0.2) is 31.0 Å². The molecule has 114 valence electrons. The SMILES string of the molecule is C/C=C/C(=O)N1CCC(Cc2cc(OC)ccc2F)CC1. The van der Waals surface area contributed by atoms with Crippen LogP contribution in [0, 0.1) is 11.7 Å². The van der Waals surface area contributed by atoms with Gasteiger partial charge in [-0.3, -0.25) is 4.79 Å². The van der Waals surface area contributed by atoms with Crippen LogP contribution < -0.4 is 4.74 Å². The molecule has 0 aromatic heterocycles. The van der Waals surface area contributed by atoms with Crippen molar-refractivity contribution < 1.29 is 13.9 Å². The van der Waals surface area contributed by atoms with Gasteiger partial charge in [0.1, 0.15) is 11.6 Å². The first-order chi connectivity index (χ1) is 10.1. The minimum atomic E-state index is -0.178. The maximum Gasteiger partial charge on any atom is 0.246 e. The molecule has 3 nitrogen and oxygen atoms in total. The summed E-state index contributed by atoms with van der Waals surface area (Å²) in [5, 5.41) is 0. The number of likely N-dealkylation sites (tertiary alicyclic amines) is 1. The number of rotatable bonds is 4. The van der Waals surface area contributed by atoms with Gasteiger partial charge in [-0.25, -0.2) is 4.39 Å². The third kappa shape index (κ3) is 4.06. The summed E-state index contributed by atoms with van der Waals surface area (Å²) in [6.07, 6.45) is 5.90. The Labute approximate surface area is 125 Å². The van der Waals surface area contributed by atoms with Crippen LogP contribution in [0.25, 0.3) is 0 Å². The van der Waals surface area contributed by atoms with Crippen molar-refractivity contribution in [3.63, 3.8) is 0 Å². The zero-order valence-corrected chi connectivity index (χ0v) is 12.6. The van der Waals surface area contributed by atoms with Crippen molar-refractivity contribution in [3.8, 4) is 5.75 Å². The molecule has 21 heavy (non-hydrogen) atoms. The maximum absolute atomic E-state index is 13.8. The summed E-state index contributed by atoms with van der Waals surface area (Å²) < 4.78 is 19.0. The molecule has 0 bridgehead atoms. The van der Waals surface area contributed by atoms with E-state index < -0.39 is 0 Å². The molecule has 0 saturated carbocycles. The summed E-state index contributed by atoms with van der Waals surface area (Å²) in [6.45, 7) is 3.34. The van der Waals surface area contributed by atoms with Crippen molar-refractivity contribution in [2.24, 2.45) is 5.92 Å². The molecule has 0 N–H and O–H groups in total. The molecule has 1 aliphatic rings. The highest BCUT2D eigenvalue weighted by atomic mass is 19.1. The molecule has 1 aromatic carbocycles. The molecule has 0 radical (unpaired) electrons. The zero-order chi connectivity index (χ0) is 15.2. The minimum absolute atomic E-state index is 0.0727. The van der Waals surface area contributed by atoms with E-state index in [0.29, 0.717) is 23.7 Å². The second-order valence-electron chi connectivity index (χ2n) is 5.43. The normalized spacial score (nSPS) is 16.4. The molecular formula is C17H22FNO2. The Morgan fingerprint density at radius 2 is 2.14 bits per heavy atom. The fourth-order valence-electron chi connectivity index (χ4n) is 2.75. The third-order valence-electron chi connectivity index (χ3n) is 4.00. The number of ether oxygens (including phenoxy) is 1. The van der Waals surface area contributed by atoms with E-state index >= 15 is 0 Å². The Morgan fingerprint density at radius 1 is 1.43 bits per heavy atom. The van der Waals surface area contributed by atoms with E-state index in [9.17, 15) is 9.18 Å². The quantitative estimate of drug-likeness (QED) is 0.797. The standard InChI is InChI=1S/C17H22FNO2/c1-3-4-17(20)19-9-7-13(8-10-19)11-14-12-15(21-2)5-6-16(14)18/h3-6,12-13H,7-11H2,1-2H3/b4-3+. The Kier molecular flexibility index (Phi) is 5.37. The molecule has 1 aromatic rings. The zero-order valence-electron chi connectivity index (χ0n) is 12.6. The maximum atomic E-state index is 13.8. The molecule has 4 heteroatoms. The lowest BCUT2D eigenvalue weighted by Gasteiger charge is -2.31. The van der Waals surface area contributed by atoms with E-state index in [4.69, 9.17) is 4.74 Å². The van der Waals surface area contributed by atoms with Gasteiger partial charge in [-0.05, 0) is 61.9 Å². The summed E-state index contributed by atoms with van der Waals surface area (Å²) in [4.78, 5) is 13.6. The first-order valence-corrected chi connectivity index (χ1v) is 7.38. The topological polar surface area (TPSA) is 29.5 Å². The third-order valence-corrected chi connectivity index (χ3v) is 4.00. The van der Waals surface area contributed by atoms with Crippen LogP contribution in [0.5, 0.6) is 5.75 Å². The summed E-state index contributed by atoms with van der Waals surface area (Å²) in [5.74, 6) is 1.00. The molecular weight excluding hydrogens is 269 g/mol. The van der Waals surface area contributed by atoms with Gasteiger partial charge in [0.15, 0.2) is 0 Å². The summed E-state index contributed by atoms with van der Waals surface area (Å²) >= 11 is 0. The van der Waals surface area contributed by atoms with Crippen LogP contribution in [0.3, 0.4) is 0 Å². The van der Waals surface area contributed by atoms with Crippen molar-refractivity contribution in [2.75, 3.05) is 20.2 Å². The van der Waals surface area contributed by atoms with E-state index in [-0.39, 0.29) is 11.7 Å². The van der Waals surface area contributed by atoms with Crippen LogP contribution in [0.1, 0.15) is 25.3 Å². The lowest BCUT2D eigenvalue weighted by molar-refractivity contribution is -0.127. The van der Waals surface area contributed by atoms with Gasteiger partial charge in [0.25, 0.3) is 0 Å². The number of methoxy groups -OCH3 is 1. The van der Waals surface area contributed by atoms with Crippen molar-refractivity contribution >= 4 is 5.91 Å². The van der Waals surface area contributed by atoms with Crippen LogP contribution in [0.2, 0.25) is 0 Å². The van der Waals surface area contributed by atoms with Crippen LogP contribution in [0.4, 0.5) is 4.39 Å².